The average Bonchev–Trinajstić information content (AvgIpc) is 2.62. The summed E-state index contributed by atoms with van der Waals surface area (Å²) in [5.41, 5.74) is 1.01. The van der Waals surface area contributed by atoms with Crippen LogP contribution in [0.25, 0.3) is 0 Å². The van der Waals surface area contributed by atoms with Crippen molar-refractivity contribution < 1.29 is 4.52 Å². The van der Waals surface area contributed by atoms with Gasteiger partial charge in [0, 0.05) is 24.7 Å². The molecule has 0 aromatic carbocycles. The molecule has 1 aliphatic heterocycles. The van der Waals surface area contributed by atoms with Crippen molar-refractivity contribution in [1.82, 2.24) is 15.4 Å². The number of nitrogens with one attached hydrogen (secondary N) is 1. The number of rotatable bonds is 4. The highest BCUT2D eigenvalue weighted by molar-refractivity contribution is 5.03. The van der Waals surface area contributed by atoms with Gasteiger partial charge in [-0.05, 0) is 53.1 Å². The molecule has 2 rings (SSSR count). The molecule has 0 radical (unpaired) electrons. The first-order valence-electron chi connectivity index (χ1n) is 7.05. The second-order valence-electron chi connectivity index (χ2n) is 5.57. The molecule has 1 fully saturated rings. The van der Waals surface area contributed by atoms with Gasteiger partial charge in [-0.2, -0.15) is 0 Å². The summed E-state index contributed by atoms with van der Waals surface area (Å²) in [6.07, 6.45) is 3.78. The maximum atomic E-state index is 5.08. The van der Waals surface area contributed by atoms with Crippen molar-refractivity contribution in [1.29, 1.82) is 0 Å². The zero-order valence-corrected chi connectivity index (χ0v) is 11.8. The molecule has 0 bridgehead atoms. The van der Waals surface area contributed by atoms with Crippen molar-refractivity contribution in [3.05, 3.63) is 17.5 Å². The van der Waals surface area contributed by atoms with Gasteiger partial charge in [0.05, 0.1) is 5.69 Å². The van der Waals surface area contributed by atoms with E-state index in [2.05, 4.69) is 29.2 Å². The maximum absolute atomic E-state index is 5.08. The van der Waals surface area contributed by atoms with E-state index in [-0.39, 0.29) is 0 Å². The molecule has 1 saturated heterocycles. The van der Waals surface area contributed by atoms with Crippen molar-refractivity contribution >= 4 is 0 Å². The quantitative estimate of drug-likeness (QED) is 0.892. The van der Waals surface area contributed by atoms with Crippen LogP contribution < -0.4 is 5.32 Å². The lowest BCUT2D eigenvalue weighted by molar-refractivity contribution is 0.229. The third-order valence-electron chi connectivity index (χ3n) is 3.74. The van der Waals surface area contributed by atoms with E-state index in [0.717, 1.165) is 18.0 Å². The standard InChI is InChI=1S/C14H25N3O/c1-11(2)17-7-4-5-13(6-8-17)15-10-14-9-12(3)18-16-14/h9,11,13,15H,4-8,10H2,1-3H3. The highest BCUT2D eigenvalue weighted by Gasteiger charge is 2.18. The summed E-state index contributed by atoms with van der Waals surface area (Å²) in [7, 11) is 0. The summed E-state index contributed by atoms with van der Waals surface area (Å²) in [5.74, 6) is 0.888. The molecular formula is C14H25N3O. The largest absolute Gasteiger partial charge is 0.361 e. The Labute approximate surface area is 110 Å². The maximum Gasteiger partial charge on any atom is 0.133 e. The Hall–Kier alpha value is -0.870. The lowest BCUT2D eigenvalue weighted by atomic mass is 10.1. The Balaban J connectivity index is 1.77. The molecule has 1 aromatic heterocycles. The van der Waals surface area contributed by atoms with E-state index >= 15 is 0 Å². The molecular weight excluding hydrogens is 226 g/mol. The molecule has 4 heteroatoms. The molecule has 0 spiro atoms. The molecule has 4 nitrogen and oxygen atoms in total. The predicted molar refractivity (Wildman–Crippen MR) is 72.4 cm³/mol. The van der Waals surface area contributed by atoms with Crippen LogP contribution >= 0.6 is 0 Å². The van der Waals surface area contributed by atoms with E-state index in [1.807, 2.05) is 13.0 Å². The van der Waals surface area contributed by atoms with Crippen LogP contribution in [0, 0.1) is 6.92 Å². The van der Waals surface area contributed by atoms with Gasteiger partial charge in [-0.3, -0.25) is 0 Å². The van der Waals surface area contributed by atoms with Crippen LogP contribution in [0.4, 0.5) is 0 Å². The fourth-order valence-electron chi connectivity index (χ4n) is 2.59. The number of aryl methyl sites for hydroxylation is 1. The monoisotopic (exact) mass is 251 g/mol. The molecule has 102 valence electrons. The molecule has 18 heavy (non-hydrogen) atoms. The number of hydrogen-bond acceptors (Lipinski definition) is 4. The summed E-state index contributed by atoms with van der Waals surface area (Å²) in [4.78, 5) is 2.57. The first kappa shape index (κ1) is 13.6. The molecule has 0 aliphatic carbocycles. The van der Waals surface area contributed by atoms with Gasteiger partial charge in [0.15, 0.2) is 0 Å². The van der Waals surface area contributed by atoms with Crippen LogP contribution in [-0.4, -0.2) is 35.2 Å². The van der Waals surface area contributed by atoms with Gasteiger partial charge in [0.2, 0.25) is 0 Å². The lowest BCUT2D eigenvalue weighted by Crippen LogP contribution is -2.33. The van der Waals surface area contributed by atoms with Gasteiger partial charge in [0.25, 0.3) is 0 Å². The lowest BCUT2D eigenvalue weighted by Gasteiger charge is -2.24. The highest BCUT2D eigenvalue weighted by atomic mass is 16.5. The van der Waals surface area contributed by atoms with Crippen LogP contribution in [0.1, 0.15) is 44.6 Å². The van der Waals surface area contributed by atoms with Crippen LogP contribution in [-0.2, 0) is 6.54 Å². The smallest absolute Gasteiger partial charge is 0.133 e. The van der Waals surface area contributed by atoms with E-state index in [9.17, 15) is 0 Å². The first-order chi connectivity index (χ1) is 8.65. The minimum absolute atomic E-state index is 0.616. The summed E-state index contributed by atoms with van der Waals surface area (Å²) in [5, 5.41) is 7.62. The molecule has 1 aliphatic rings. The SMILES string of the molecule is Cc1cc(CNC2CCCN(C(C)C)CC2)no1. The van der Waals surface area contributed by atoms with Gasteiger partial charge < -0.3 is 14.7 Å². The molecule has 1 N–H and O–H groups in total. The fourth-order valence-corrected chi connectivity index (χ4v) is 2.59. The van der Waals surface area contributed by atoms with Crippen LogP contribution in [0.5, 0.6) is 0 Å². The van der Waals surface area contributed by atoms with Crippen molar-refractivity contribution in [3.63, 3.8) is 0 Å². The average molecular weight is 251 g/mol. The minimum Gasteiger partial charge on any atom is -0.361 e. The zero-order valence-electron chi connectivity index (χ0n) is 11.8. The summed E-state index contributed by atoms with van der Waals surface area (Å²) in [6, 6.07) is 3.29. The summed E-state index contributed by atoms with van der Waals surface area (Å²) >= 11 is 0. The second kappa shape index (κ2) is 6.34. The van der Waals surface area contributed by atoms with Crippen LogP contribution in [0.3, 0.4) is 0 Å². The third-order valence-corrected chi connectivity index (χ3v) is 3.74. The summed E-state index contributed by atoms with van der Waals surface area (Å²) in [6.45, 7) is 9.76. The number of likely N-dealkylation sites (tertiary alicyclic amines) is 1. The van der Waals surface area contributed by atoms with E-state index in [4.69, 9.17) is 4.52 Å². The molecule has 1 atom stereocenters. The highest BCUT2D eigenvalue weighted by Crippen LogP contribution is 2.14. The molecule has 0 saturated carbocycles. The van der Waals surface area contributed by atoms with E-state index in [1.165, 1.54) is 32.4 Å². The molecule has 2 heterocycles. The Morgan fingerprint density at radius 3 is 2.94 bits per heavy atom. The Bertz CT molecular complexity index is 362. The number of aromatic nitrogens is 1. The Morgan fingerprint density at radius 1 is 1.44 bits per heavy atom. The van der Waals surface area contributed by atoms with E-state index < -0.39 is 0 Å². The first-order valence-corrected chi connectivity index (χ1v) is 7.05. The number of nitrogens with zero attached hydrogens (tertiary/aromatic N) is 2. The van der Waals surface area contributed by atoms with Crippen molar-refractivity contribution in [2.24, 2.45) is 0 Å². The van der Waals surface area contributed by atoms with Crippen LogP contribution in [0.15, 0.2) is 10.6 Å². The van der Waals surface area contributed by atoms with Crippen molar-refractivity contribution in [2.45, 2.75) is 58.7 Å². The van der Waals surface area contributed by atoms with Gasteiger partial charge in [-0.1, -0.05) is 5.16 Å². The van der Waals surface area contributed by atoms with Crippen molar-refractivity contribution in [2.75, 3.05) is 13.1 Å². The van der Waals surface area contributed by atoms with E-state index in [0.29, 0.717) is 12.1 Å². The van der Waals surface area contributed by atoms with Crippen LogP contribution in [0.2, 0.25) is 0 Å². The molecule has 1 unspecified atom stereocenters. The Kier molecular flexibility index (Phi) is 4.78. The predicted octanol–water partition coefficient (Wildman–Crippen LogP) is 2.34. The Morgan fingerprint density at radius 2 is 2.28 bits per heavy atom. The topological polar surface area (TPSA) is 41.3 Å². The van der Waals surface area contributed by atoms with Gasteiger partial charge >= 0.3 is 0 Å². The second-order valence-corrected chi connectivity index (χ2v) is 5.57. The van der Waals surface area contributed by atoms with Crippen molar-refractivity contribution in [3.8, 4) is 0 Å². The third kappa shape index (κ3) is 3.82. The minimum atomic E-state index is 0.616. The fraction of sp³-hybridized carbons (Fsp3) is 0.786. The zero-order chi connectivity index (χ0) is 13.0. The molecule has 1 aromatic rings. The molecule has 0 amide bonds. The van der Waals surface area contributed by atoms with Gasteiger partial charge in [0.1, 0.15) is 5.76 Å². The summed E-state index contributed by atoms with van der Waals surface area (Å²) < 4.78 is 5.08. The van der Waals surface area contributed by atoms with E-state index in [1.54, 1.807) is 0 Å². The van der Waals surface area contributed by atoms with Gasteiger partial charge in [-0.15, -0.1) is 0 Å². The number of hydrogen-bond donors (Lipinski definition) is 1. The van der Waals surface area contributed by atoms with Gasteiger partial charge in [-0.25, -0.2) is 0 Å². The normalized spacial score (nSPS) is 22.3.